The zero-order valence-corrected chi connectivity index (χ0v) is 18.0. The molecule has 3 aromatic rings. The lowest BCUT2D eigenvalue weighted by Crippen LogP contribution is -2.39. The summed E-state index contributed by atoms with van der Waals surface area (Å²) in [5.74, 6) is 0.123. The van der Waals surface area contributed by atoms with Crippen LogP contribution in [0, 0.1) is 5.92 Å². The summed E-state index contributed by atoms with van der Waals surface area (Å²) < 4.78 is 1.77. The number of aliphatic hydroxyl groups excluding tert-OH is 1. The number of rotatable bonds is 8. The summed E-state index contributed by atoms with van der Waals surface area (Å²) in [7, 11) is 0. The summed E-state index contributed by atoms with van der Waals surface area (Å²) in [6.45, 7) is 4.52. The number of hydrogen-bond acceptors (Lipinski definition) is 3. The number of benzene rings is 2. The number of carbonyl (C=O) groups excluding carboxylic acids is 1. The molecule has 0 aliphatic heterocycles. The Morgan fingerprint density at radius 1 is 1.24 bits per heavy atom. The topological polar surface area (TPSA) is 67.2 Å². The molecule has 5 nitrogen and oxygen atoms in total. The highest BCUT2D eigenvalue weighted by atomic mass is 35.5. The third-order valence-electron chi connectivity index (χ3n) is 5.15. The van der Waals surface area contributed by atoms with Crippen molar-refractivity contribution < 1.29 is 9.90 Å². The Morgan fingerprint density at radius 3 is 2.69 bits per heavy atom. The number of halogens is 2. The quantitative estimate of drug-likeness (QED) is 0.529. The first-order valence-corrected chi connectivity index (χ1v) is 10.5. The molecule has 154 valence electrons. The van der Waals surface area contributed by atoms with Gasteiger partial charge in [0.25, 0.3) is 5.91 Å². The van der Waals surface area contributed by atoms with Crippen molar-refractivity contribution in [2.45, 2.75) is 39.3 Å². The fourth-order valence-electron chi connectivity index (χ4n) is 3.31. The molecular weight excluding hydrogens is 409 g/mol. The maximum atomic E-state index is 12.9. The molecule has 0 spiro atoms. The molecule has 2 aromatic carbocycles. The van der Waals surface area contributed by atoms with Crippen molar-refractivity contribution >= 4 is 40.0 Å². The highest BCUT2D eigenvalue weighted by Crippen LogP contribution is 2.25. The van der Waals surface area contributed by atoms with Crippen LogP contribution in [-0.2, 0) is 6.54 Å². The molecule has 0 bridgehead atoms. The van der Waals surface area contributed by atoms with Crippen molar-refractivity contribution in [2.75, 3.05) is 6.61 Å². The van der Waals surface area contributed by atoms with Gasteiger partial charge in [0.05, 0.1) is 24.7 Å². The van der Waals surface area contributed by atoms with E-state index in [1.807, 2.05) is 30.3 Å². The number of nitrogens with one attached hydrogen (secondary N) is 1. The van der Waals surface area contributed by atoms with E-state index in [0.717, 1.165) is 29.3 Å². The molecule has 0 saturated carbocycles. The maximum Gasteiger partial charge on any atom is 0.272 e. The summed E-state index contributed by atoms with van der Waals surface area (Å²) in [4.78, 5) is 12.9. The summed E-state index contributed by atoms with van der Waals surface area (Å²) in [6.07, 6.45) is 1.71. The van der Waals surface area contributed by atoms with Crippen LogP contribution >= 0.6 is 23.2 Å². The summed E-state index contributed by atoms with van der Waals surface area (Å²) in [5.41, 5.74) is 2.04. The van der Waals surface area contributed by atoms with Crippen LogP contribution < -0.4 is 5.32 Å². The molecule has 3 rings (SSSR count). The van der Waals surface area contributed by atoms with Gasteiger partial charge in [0.15, 0.2) is 5.69 Å². The van der Waals surface area contributed by atoms with E-state index < -0.39 is 0 Å². The Kier molecular flexibility index (Phi) is 7.17. The van der Waals surface area contributed by atoms with E-state index in [9.17, 15) is 9.90 Å². The molecule has 2 atom stereocenters. The van der Waals surface area contributed by atoms with Crippen LogP contribution in [0.15, 0.2) is 42.5 Å². The van der Waals surface area contributed by atoms with Crippen molar-refractivity contribution in [3.05, 3.63) is 63.8 Å². The zero-order chi connectivity index (χ0) is 21.0. The van der Waals surface area contributed by atoms with Crippen LogP contribution in [-0.4, -0.2) is 33.4 Å². The van der Waals surface area contributed by atoms with Gasteiger partial charge in [-0.2, -0.15) is 5.10 Å². The largest absolute Gasteiger partial charge is 0.394 e. The number of carbonyl (C=O) groups is 1. The van der Waals surface area contributed by atoms with Crippen LogP contribution in [0.5, 0.6) is 0 Å². The molecule has 29 heavy (non-hydrogen) atoms. The highest BCUT2D eigenvalue weighted by molar-refractivity contribution is 6.35. The highest BCUT2D eigenvalue weighted by Gasteiger charge is 2.21. The van der Waals surface area contributed by atoms with E-state index in [0.29, 0.717) is 28.2 Å². The molecule has 2 N–H and O–H groups in total. The number of nitrogens with zero attached hydrogens (tertiary/aromatic N) is 2. The van der Waals surface area contributed by atoms with Crippen LogP contribution in [0.1, 0.15) is 42.7 Å². The molecular formula is C22H25Cl2N3O2. The van der Waals surface area contributed by atoms with Gasteiger partial charge in [0.1, 0.15) is 0 Å². The third-order valence-corrected chi connectivity index (χ3v) is 5.73. The fraction of sp³-hybridized carbons (Fsp3) is 0.364. The number of para-hydroxylation sites is 1. The second-order valence-corrected chi connectivity index (χ2v) is 8.20. The molecule has 1 heterocycles. The van der Waals surface area contributed by atoms with Gasteiger partial charge in [-0.3, -0.25) is 9.48 Å². The number of amides is 1. The van der Waals surface area contributed by atoms with Crippen molar-refractivity contribution in [3.8, 4) is 0 Å². The summed E-state index contributed by atoms with van der Waals surface area (Å²) in [5, 5.41) is 19.0. The van der Waals surface area contributed by atoms with Crippen LogP contribution in [0.4, 0.5) is 0 Å². The Labute approximate surface area is 180 Å². The Hall–Kier alpha value is -2.08. The minimum absolute atomic E-state index is 0.102. The van der Waals surface area contributed by atoms with Gasteiger partial charge in [-0.1, -0.05) is 67.7 Å². The van der Waals surface area contributed by atoms with Gasteiger partial charge in [0, 0.05) is 15.4 Å². The first-order valence-electron chi connectivity index (χ1n) is 9.74. The van der Waals surface area contributed by atoms with Gasteiger partial charge < -0.3 is 10.4 Å². The van der Waals surface area contributed by atoms with E-state index in [1.54, 1.807) is 16.8 Å². The SMILES string of the molecule is CC[C@H](C)C[C@@H](CO)NC(=O)c1nn(Cc2ccc(Cl)cc2Cl)c2ccccc12. The van der Waals surface area contributed by atoms with Gasteiger partial charge >= 0.3 is 0 Å². The molecule has 0 unspecified atom stereocenters. The third kappa shape index (κ3) is 5.10. The molecule has 1 amide bonds. The lowest BCUT2D eigenvalue weighted by Gasteiger charge is -2.19. The van der Waals surface area contributed by atoms with Crippen LogP contribution in [0.2, 0.25) is 10.0 Å². The smallest absolute Gasteiger partial charge is 0.272 e. The van der Waals surface area contributed by atoms with E-state index in [2.05, 4.69) is 24.3 Å². The van der Waals surface area contributed by atoms with Gasteiger partial charge in [-0.25, -0.2) is 0 Å². The van der Waals surface area contributed by atoms with Gasteiger partial charge in [-0.15, -0.1) is 0 Å². The molecule has 1 aromatic heterocycles. The minimum Gasteiger partial charge on any atom is -0.394 e. The number of aromatic nitrogens is 2. The van der Waals surface area contributed by atoms with E-state index >= 15 is 0 Å². The van der Waals surface area contributed by atoms with Gasteiger partial charge in [0.2, 0.25) is 0 Å². The van der Waals surface area contributed by atoms with Crippen LogP contribution in [0.25, 0.3) is 10.9 Å². The fourth-order valence-corrected chi connectivity index (χ4v) is 3.78. The summed E-state index contributed by atoms with van der Waals surface area (Å²) in [6, 6.07) is 12.6. The maximum absolute atomic E-state index is 12.9. The lowest BCUT2D eigenvalue weighted by atomic mass is 9.99. The average Bonchev–Trinajstić information content (AvgIpc) is 3.08. The first-order chi connectivity index (χ1) is 13.9. The predicted molar refractivity (Wildman–Crippen MR) is 118 cm³/mol. The van der Waals surface area contributed by atoms with Crippen molar-refractivity contribution in [1.82, 2.24) is 15.1 Å². The van der Waals surface area contributed by atoms with E-state index in [-0.39, 0.29) is 18.6 Å². The Morgan fingerprint density at radius 2 is 2.00 bits per heavy atom. The number of aliphatic hydroxyl groups is 1. The monoisotopic (exact) mass is 433 g/mol. The Bertz CT molecular complexity index is 1000. The van der Waals surface area contributed by atoms with Crippen LogP contribution in [0.3, 0.4) is 0 Å². The molecule has 0 aliphatic rings. The minimum atomic E-state index is -0.299. The predicted octanol–water partition coefficient (Wildman–Crippen LogP) is 4.92. The molecule has 7 heteroatoms. The normalized spacial score (nSPS) is 13.4. The second kappa shape index (κ2) is 9.61. The molecule has 0 aliphatic carbocycles. The van der Waals surface area contributed by atoms with E-state index in [1.165, 1.54) is 0 Å². The van der Waals surface area contributed by atoms with Gasteiger partial charge in [-0.05, 0) is 36.1 Å². The van der Waals surface area contributed by atoms with Crippen molar-refractivity contribution in [1.29, 1.82) is 0 Å². The average molecular weight is 434 g/mol. The van der Waals surface area contributed by atoms with E-state index in [4.69, 9.17) is 23.2 Å². The molecule has 0 saturated heterocycles. The standard InChI is InChI=1S/C22H25Cl2N3O2/c1-3-14(2)10-17(13-28)25-22(29)21-18-6-4-5-7-20(18)27(26-21)12-15-8-9-16(23)11-19(15)24/h4-9,11,14,17,28H,3,10,12-13H2,1-2H3,(H,25,29)/t14-,17-/m0/s1. The van der Waals surface area contributed by atoms with Crippen molar-refractivity contribution in [3.63, 3.8) is 0 Å². The van der Waals surface area contributed by atoms with Crippen molar-refractivity contribution in [2.24, 2.45) is 5.92 Å². The second-order valence-electron chi connectivity index (χ2n) is 7.36. The Balaban J connectivity index is 1.90. The molecule has 0 radical (unpaired) electrons. The zero-order valence-electron chi connectivity index (χ0n) is 16.5. The molecule has 0 fully saturated rings. The summed E-state index contributed by atoms with van der Waals surface area (Å²) >= 11 is 12.3. The first kappa shape index (κ1) is 21.6. The lowest BCUT2D eigenvalue weighted by molar-refractivity contribution is 0.0902. The number of fused-ring (bicyclic) bond motifs is 1. The number of hydrogen-bond donors (Lipinski definition) is 2.